The number of nitrogens with one attached hydrogen (secondary N) is 1. The molecular formula is C15H23ClN2O3. The molecule has 0 amide bonds. The lowest BCUT2D eigenvalue weighted by Crippen LogP contribution is -2.51. The maximum Gasteiger partial charge on any atom is 0.176 e. The number of halogens is 1. The van der Waals surface area contributed by atoms with E-state index in [4.69, 9.17) is 16.3 Å². The van der Waals surface area contributed by atoms with Crippen LogP contribution < -0.4 is 10.1 Å². The fraction of sp³-hybridized carbons (Fsp3) is 0.600. The van der Waals surface area contributed by atoms with Crippen LogP contribution in [0.2, 0.25) is 5.02 Å². The van der Waals surface area contributed by atoms with Crippen LogP contribution in [0.4, 0.5) is 0 Å². The van der Waals surface area contributed by atoms with Gasteiger partial charge in [0.05, 0.1) is 24.3 Å². The predicted octanol–water partition coefficient (Wildman–Crippen LogP) is 1.77. The molecule has 1 aliphatic rings. The number of benzene rings is 1. The Morgan fingerprint density at radius 2 is 2.29 bits per heavy atom. The summed E-state index contributed by atoms with van der Waals surface area (Å²) in [5.74, 6) is 0.313. The van der Waals surface area contributed by atoms with Crippen LogP contribution in [0.15, 0.2) is 12.1 Å². The van der Waals surface area contributed by atoms with E-state index in [-0.39, 0.29) is 23.4 Å². The molecular weight excluding hydrogens is 292 g/mol. The average Bonchev–Trinajstić information content (AvgIpc) is 2.47. The molecule has 0 aliphatic carbocycles. The predicted molar refractivity (Wildman–Crippen MR) is 83.2 cm³/mol. The molecule has 0 spiro atoms. The second kappa shape index (κ2) is 7.31. The minimum Gasteiger partial charge on any atom is -0.503 e. The maximum absolute atomic E-state index is 9.93. The van der Waals surface area contributed by atoms with E-state index in [1.54, 1.807) is 12.1 Å². The maximum atomic E-state index is 9.93. The van der Waals surface area contributed by atoms with E-state index in [9.17, 15) is 10.2 Å². The third-order valence-corrected chi connectivity index (χ3v) is 4.15. The SMILES string of the molecule is CCOc1cc(C(CO)N2CCNCC2C)cc(Cl)c1O. The van der Waals surface area contributed by atoms with Gasteiger partial charge in [-0.25, -0.2) is 0 Å². The zero-order valence-corrected chi connectivity index (χ0v) is 13.2. The van der Waals surface area contributed by atoms with Crippen molar-refractivity contribution in [2.45, 2.75) is 25.9 Å². The summed E-state index contributed by atoms with van der Waals surface area (Å²) < 4.78 is 5.42. The smallest absolute Gasteiger partial charge is 0.176 e. The van der Waals surface area contributed by atoms with Crippen LogP contribution in [0.25, 0.3) is 0 Å². The Balaban J connectivity index is 2.33. The zero-order valence-electron chi connectivity index (χ0n) is 12.5. The van der Waals surface area contributed by atoms with Gasteiger partial charge < -0.3 is 20.3 Å². The summed E-state index contributed by atoms with van der Waals surface area (Å²) in [6.07, 6.45) is 0. The molecule has 2 atom stereocenters. The van der Waals surface area contributed by atoms with Crippen molar-refractivity contribution >= 4 is 11.6 Å². The average molecular weight is 315 g/mol. The van der Waals surface area contributed by atoms with Crippen LogP contribution in [0.3, 0.4) is 0 Å². The Morgan fingerprint density at radius 3 is 2.90 bits per heavy atom. The number of piperazine rings is 1. The van der Waals surface area contributed by atoms with Crippen molar-refractivity contribution in [1.82, 2.24) is 10.2 Å². The number of hydrogen-bond acceptors (Lipinski definition) is 5. The van der Waals surface area contributed by atoms with E-state index in [0.717, 1.165) is 25.2 Å². The lowest BCUT2D eigenvalue weighted by Gasteiger charge is -2.39. The molecule has 1 heterocycles. The number of phenols is 1. The van der Waals surface area contributed by atoms with Crippen molar-refractivity contribution < 1.29 is 14.9 Å². The molecule has 0 radical (unpaired) electrons. The standard InChI is InChI=1S/C15H23ClN2O3/c1-3-21-14-7-11(6-12(16)15(14)20)13(9-19)18-5-4-17-8-10(18)2/h6-7,10,13,17,19-20H,3-5,8-9H2,1-2H3. The van der Waals surface area contributed by atoms with Gasteiger partial charge in [-0.05, 0) is 31.5 Å². The minimum atomic E-state index is -0.153. The first-order chi connectivity index (χ1) is 10.1. The van der Waals surface area contributed by atoms with Crippen LogP contribution in [-0.4, -0.2) is 54.0 Å². The van der Waals surface area contributed by atoms with Crippen LogP contribution in [0.5, 0.6) is 11.5 Å². The Hall–Kier alpha value is -1.01. The van der Waals surface area contributed by atoms with Crippen molar-refractivity contribution in [3.8, 4) is 11.5 Å². The van der Waals surface area contributed by atoms with Gasteiger partial charge in [0.15, 0.2) is 11.5 Å². The molecule has 5 nitrogen and oxygen atoms in total. The molecule has 1 aliphatic heterocycles. The number of hydrogen-bond donors (Lipinski definition) is 3. The molecule has 3 N–H and O–H groups in total. The van der Waals surface area contributed by atoms with Gasteiger partial charge in [0.25, 0.3) is 0 Å². The topological polar surface area (TPSA) is 65.0 Å². The highest BCUT2D eigenvalue weighted by molar-refractivity contribution is 6.32. The Kier molecular flexibility index (Phi) is 5.70. The normalized spacial score (nSPS) is 21.2. The molecule has 21 heavy (non-hydrogen) atoms. The van der Waals surface area contributed by atoms with E-state index in [1.165, 1.54) is 0 Å². The first-order valence-electron chi connectivity index (χ1n) is 7.31. The zero-order chi connectivity index (χ0) is 15.4. The summed E-state index contributed by atoms with van der Waals surface area (Å²) in [6.45, 7) is 7.06. The molecule has 1 aromatic rings. The van der Waals surface area contributed by atoms with Gasteiger partial charge in [-0.3, -0.25) is 4.90 Å². The highest BCUT2D eigenvalue weighted by Crippen LogP contribution is 2.38. The van der Waals surface area contributed by atoms with Crippen molar-refractivity contribution in [1.29, 1.82) is 0 Å². The summed E-state index contributed by atoms with van der Waals surface area (Å²) in [5.41, 5.74) is 0.859. The van der Waals surface area contributed by atoms with Gasteiger partial charge in [0, 0.05) is 25.7 Å². The molecule has 6 heteroatoms. The highest BCUT2D eigenvalue weighted by Gasteiger charge is 2.28. The summed E-state index contributed by atoms with van der Waals surface area (Å²) >= 11 is 6.09. The molecule has 118 valence electrons. The summed E-state index contributed by atoms with van der Waals surface area (Å²) in [4.78, 5) is 2.24. The summed E-state index contributed by atoms with van der Waals surface area (Å²) in [7, 11) is 0. The fourth-order valence-electron chi connectivity index (χ4n) is 2.77. The van der Waals surface area contributed by atoms with Crippen molar-refractivity contribution in [3.63, 3.8) is 0 Å². The van der Waals surface area contributed by atoms with Gasteiger partial charge in [-0.2, -0.15) is 0 Å². The second-order valence-corrected chi connectivity index (χ2v) is 5.68. The van der Waals surface area contributed by atoms with Crippen LogP contribution >= 0.6 is 11.6 Å². The summed E-state index contributed by atoms with van der Waals surface area (Å²) in [6, 6.07) is 3.63. The second-order valence-electron chi connectivity index (χ2n) is 5.27. The van der Waals surface area contributed by atoms with E-state index < -0.39 is 0 Å². The van der Waals surface area contributed by atoms with Crippen LogP contribution in [0, 0.1) is 0 Å². The van der Waals surface area contributed by atoms with Crippen molar-refractivity contribution in [3.05, 3.63) is 22.7 Å². The number of phenolic OH excluding ortho intramolecular Hbond substituents is 1. The largest absolute Gasteiger partial charge is 0.503 e. The Morgan fingerprint density at radius 1 is 1.52 bits per heavy atom. The van der Waals surface area contributed by atoms with Gasteiger partial charge in [0.2, 0.25) is 0 Å². The third-order valence-electron chi connectivity index (χ3n) is 3.86. The number of aliphatic hydroxyl groups excluding tert-OH is 1. The third kappa shape index (κ3) is 3.61. The first kappa shape index (κ1) is 16.4. The number of rotatable bonds is 5. The molecule has 2 unspecified atom stereocenters. The lowest BCUT2D eigenvalue weighted by atomic mass is 10.0. The molecule has 0 bridgehead atoms. The number of aliphatic hydroxyl groups is 1. The first-order valence-corrected chi connectivity index (χ1v) is 7.68. The molecule has 0 saturated carbocycles. The van der Waals surface area contributed by atoms with Crippen LogP contribution in [0.1, 0.15) is 25.5 Å². The quantitative estimate of drug-likeness (QED) is 0.773. The van der Waals surface area contributed by atoms with E-state index in [2.05, 4.69) is 17.1 Å². The monoisotopic (exact) mass is 314 g/mol. The molecule has 1 saturated heterocycles. The fourth-order valence-corrected chi connectivity index (χ4v) is 2.99. The summed E-state index contributed by atoms with van der Waals surface area (Å²) in [5, 5.41) is 23.3. The Bertz CT molecular complexity index is 484. The molecule has 2 rings (SSSR count). The van der Waals surface area contributed by atoms with Crippen LogP contribution in [-0.2, 0) is 0 Å². The molecule has 1 aromatic carbocycles. The van der Waals surface area contributed by atoms with Crippen molar-refractivity contribution in [2.75, 3.05) is 32.8 Å². The van der Waals surface area contributed by atoms with Gasteiger partial charge in [-0.1, -0.05) is 11.6 Å². The minimum absolute atomic E-state index is 0.00297. The van der Waals surface area contributed by atoms with Gasteiger partial charge >= 0.3 is 0 Å². The van der Waals surface area contributed by atoms with Gasteiger partial charge in [0.1, 0.15) is 0 Å². The number of aromatic hydroxyl groups is 1. The van der Waals surface area contributed by atoms with Crippen molar-refractivity contribution in [2.24, 2.45) is 0 Å². The number of ether oxygens (including phenoxy) is 1. The Labute approximate surface area is 130 Å². The van der Waals surface area contributed by atoms with E-state index >= 15 is 0 Å². The highest BCUT2D eigenvalue weighted by atomic mass is 35.5. The van der Waals surface area contributed by atoms with E-state index in [1.807, 2.05) is 6.92 Å². The molecule has 1 fully saturated rings. The van der Waals surface area contributed by atoms with Gasteiger partial charge in [-0.15, -0.1) is 0 Å². The lowest BCUT2D eigenvalue weighted by molar-refractivity contribution is 0.0721. The number of nitrogens with zero attached hydrogens (tertiary/aromatic N) is 1. The van der Waals surface area contributed by atoms with E-state index in [0.29, 0.717) is 18.4 Å². The molecule has 0 aromatic heterocycles.